The van der Waals surface area contributed by atoms with Crippen LogP contribution in [0.5, 0.6) is 0 Å². The molecule has 2 rings (SSSR count). The van der Waals surface area contributed by atoms with Crippen molar-refractivity contribution in [3.8, 4) is 11.3 Å². The number of nitrogens with one attached hydrogen (secondary N) is 1. The molecule has 2 aromatic rings. The molecule has 0 saturated carbocycles. The molecule has 0 amide bonds. The van der Waals surface area contributed by atoms with Crippen molar-refractivity contribution in [3.05, 3.63) is 40.2 Å². The summed E-state index contributed by atoms with van der Waals surface area (Å²) in [7, 11) is 1.96. The van der Waals surface area contributed by atoms with Gasteiger partial charge in [0.05, 0.1) is 11.7 Å². The second-order valence-corrected chi connectivity index (χ2v) is 5.02. The summed E-state index contributed by atoms with van der Waals surface area (Å²) in [6.45, 7) is 4.30. The normalized spacial score (nSPS) is 12.6. The van der Waals surface area contributed by atoms with E-state index in [-0.39, 0.29) is 0 Å². The van der Waals surface area contributed by atoms with Crippen molar-refractivity contribution >= 4 is 11.3 Å². The van der Waals surface area contributed by atoms with E-state index in [1.165, 1.54) is 11.1 Å². The summed E-state index contributed by atoms with van der Waals surface area (Å²) in [5.74, 6) is 0. The van der Waals surface area contributed by atoms with Crippen molar-refractivity contribution in [2.75, 3.05) is 7.05 Å². The molecule has 0 aliphatic carbocycles. The first kappa shape index (κ1) is 12.3. The Bertz CT molecular complexity index is 473. The molecular formula is C14H18N2S. The topological polar surface area (TPSA) is 24.9 Å². The van der Waals surface area contributed by atoms with Crippen LogP contribution in [-0.4, -0.2) is 12.0 Å². The minimum Gasteiger partial charge on any atom is -0.311 e. The molecule has 0 aliphatic rings. The fourth-order valence-electron chi connectivity index (χ4n) is 1.65. The van der Waals surface area contributed by atoms with E-state index in [9.17, 15) is 0 Å². The highest BCUT2D eigenvalue weighted by molar-refractivity contribution is 7.10. The fourth-order valence-corrected chi connectivity index (χ4v) is 2.55. The number of rotatable bonds is 4. The number of nitrogens with zero attached hydrogens (tertiary/aromatic N) is 1. The van der Waals surface area contributed by atoms with Gasteiger partial charge >= 0.3 is 0 Å². The number of benzene rings is 1. The van der Waals surface area contributed by atoms with Crippen LogP contribution in [0.2, 0.25) is 0 Å². The molecule has 0 radical (unpaired) electrons. The maximum absolute atomic E-state index is 4.66. The number of aryl methyl sites for hydroxylation is 1. The highest BCUT2D eigenvalue weighted by atomic mass is 32.1. The van der Waals surface area contributed by atoms with Crippen LogP contribution in [0.1, 0.15) is 30.5 Å². The van der Waals surface area contributed by atoms with Crippen molar-refractivity contribution in [3.63, 3.8) is 0 Å². The summed E-state index contributed by atoms with van der Waals surface area (Å²) >= 11 is 1.71. The number of hydrogen-bond donors (Lipinski definition) is 1. The van der Waals surface area contributed by atoms with Gasteiger partial charge in [-0.3, -0.25) is 0 Å². The molecule has 3 heteroatoms. The van der Waals surface area contributed by atoms with E-state index in [1.807, 2.05) is 7.05 Å². The molecule has 0 spiro atoms. The molecule has 1 N–H and O–H groups in total. The molecule has 0 bridgehead atoms. The molecule has 1 unspecified atom stereocenters. The van der Waals surface area contributed by atoms with Crippen molar-refractivity contribution in [1.82, 2.24) is 10.3 Å². The van der Waals surface area contributed by atoms with Gasteiger partial charge in [-0.25, -0.2) is 4.98 Å². The van der Waals surface area contributed by atoms with Gasteiger partial charge in [-0.15, -0.1) is 11.3 Å². The van der Waals surface area contributed by atoms with Crippen molar-refractivity contribution in [2.45, 2.75) is 26.3 Å². The van der Waals surface area contributed by atoms with Crippen LogP contribution in [0.15, 0.2) is 29.6 Å². The van der Waals surface area contributed by atoms with Crippen LogP contribution < -0.4 is 5.32 Å². The molecule has 90 valence electrons. The summed E-state index contributed by atoms with van der Waals surface area (Å²) in [5, 5.41) is 6.48. The SMILES string of the molecule is CCc1ccc(-c2csc(C(C)NC)n2)cc1. The third-order valence-electron chi connectivity index (χ3n) is 2.98. The van der Waals surface area contributed by atoms with E-state index in [4.69, 9.17) is 0 Å². The lowest BCUT2D eigenvalue weighted by molar-refractivity contribution is 0.648. The molecule has 1 aromatic carbocycles. The average molecular weight is 246 g/mol. The van der Waals surface area contributed by atoms with Crippen molar-refractivity contribution in [1.29, 1.82) is 0 Å². The monoisotopic (exact) mass is 246 g/mol. The summed E-state index contributed by atoms with van der Waals surface area (Å²) in [4.78, 5) is 4.66. The third-order valence-corrected chi connectivity index (χ3v) is 4.01. The smallest absolute Gasteiger partial charge is 0.110 e. The Morgan fingerprint density at radius 1 is 1.29 bits per heavy atom. The predicted molar refractivity (Wildman–Crippen MR) is 74.4 cm³/mol. The fraction of sp³-hybridized carbons (Fsp3) is 0.357. The number of aromatic nitrogens is 1. The van der Waals surface area contributed by atoms with Gasteiger partial charge in [0, 0.05) is 10.9 Å². The van der Waals surface area contributed by atoms with E-state index in [1.54, 1.807) is 11.3 Å². The molecule has 1 heterocycles. The van der Waals surface area contributed by atoms with E-state index >= 15 is 0 Å². The molecule has 2 nitrogen and oxygen atoms in total. The lowest BCUT2D eigenvalue weighted by Crippen LogP contribution is -2.11. The lowest BCUT2D eigenvalue weighted by Gasteiger charge is -2.04. The predicted octanol–water partition coefficient (Wildman–Crippen LogP) is 3.65. The summed E-state index contributed by atoms with van der Waals surface area (Å²) < 4.78 is 0. The second kappa shape index (κ2) is 5.43. The molecule has 0 aliphatic heterocycles. The summed E-state index contributed by atoms with van der Waals surface area (Å²) in [6, 6.07) is 8.98. The maximum Gasteiger partial charge on any atom is 0.110 e. The van der Waals surface area contributed by atoms with Crippen LogP contribution in [0.25, 0.3) is 11.3 Å². The third kappa shape index (κ3) is 2.73. The lowest BCUT2D eigenvalue weighted by atomic mass is 10.1. The Labute approximate surface area is 107 Å². The van der Waals surface area contributed by atoms with Gasteiger partial charge in [-0.1, -0.05) is 31.2 Å². The van der Waals surface area contributed by atoms with Crippen LogP contribution in [0, 0.1) is 0 Å². The van der Waals surface area contributed by atoms with E-state index in [2.05, 4.69) is 53.8 Å². The van der Waals surface area contributed by atoms with Crippen molar-refractivity contribution < 1.29 is 0 Å². The van der Waals surface area contributed by atoms with Gasteiger partial charge in [-0.2, -0.15) is 0 Å². The van der Waals surface area contributed by atoms with Gasteiger partial charge < -0.3 is 5.32 Å². The van der Waals surface area contributed by atoms with Gasteiger partial charge in [-0.05, 0) is 26.0 Å². The first-order valence-corrected chi connectivity index (χ1v) is 6.84. The van der Waals surface area contributed by atoms with Gasteiger partial charge in [0.1, 0.15) is 5.01 Å². The van der Waals surface area contributed by atoms with Crippen molar-refractivity contribution in [2.24, 2.45) is 0 Å². The number of thiazole rings is 1. The Kier molecular flexibility index (Phi) is 3.92. The zero-order chi connectivity index (χ0) is 12.3. The largest absolute Gasteiger partial charge is 0.311 e. The maximum atomic E-state index is 4.66. The minimum absolute atomic E-state index is 0.323. The second-order valence-electron chi connectivity index (χ2n) is 4.13. The highest BCUT2D eigenvalue weighted by Gasteiger charge is 2.09. The zero-order valence-corrected chi connectivity index (χ0v) is 11.3. The summed E-state index contributed by atoms with van der Waals surface area (Å²) in [6.07, 6.45) is 1.08. The molecule has 17 heavy (non-hydrogen) atoms. The van der Waals surface area contributed by atoms with Gasteiger partial charge in [0.2, 0.25) is 0 Å². The average Bonchev–Trinajstić information content (AvgIpc) is 2.87. The molecule has 1 atom stereocenters. The van der Waals surface area contributed by atoms with Crippen LogP contribution >= 0.6 is 11.3 Å². The van der Waals surface area contributed by atoms with Gasteiger partial charge in [0.25, 0.3) is 0 Å². The van der Waals surface area contributed by atoms with Crippen LogP contribution in [0.4, 0.5) is 0 Å². The quantitative estimate of drug-likeness (QED) is 0.890. The van der Waals surface area contributed by atoms with Crippen LogP contribution in [0.3, 0.4) is 0 Å². The first-order valence-electron chi connectivity index (χ1n) is 5.96. The first-order chi connectivity index (χ1) is 8.24. The Hall–Kier alpha value is -1.19. The van der Waals surface area contributed by atoms with E-state index in [0.717, 1.165) is 17.1 Å². The molecule has 0 saturated heterocycles. The minimum atomic E-state index is 0.323. The Balaban J connectivity index is 2.24. The molecular weight excluding hydrogens is 228 g/mol. The Morgan fingerprint density at radius 3 is 2.59 bits per heavy atom. The molecule has 1 aromatic heterocycles. The van der Waals surface area contributed by atoms with E-state index in [0.29, 0.717) is 6.04 Å². The molecule has 0 fully saturated rings. The highest BCUT2D eigenvalue weighted by Crippen LogP contribution is 2.25. The Morgan fingerprint density at radius 2 is 2.00 bits per heavy atom. The zero-order valence-electron chi connectivity index (χ0n) is 10.5. The standard InChI is InChI=1S/C14H18N2S/c1-4-11-5-7-12(8-6-11)13-9-17-14(16-13)10(2)15-3/h5-10,15H,4H2,1-3H3. The van der Waals surface area contributed by atoms with Gasteiger partial charge in [0.15, 0.2) is 0 Å². The summed E-state index contributed by atoms with van der Waals surface area (Å²) in [5.41, 5.74) is 3.65. The number of hydrogen-bond acceptors (Lipinski definition) is 3. The van der Waals surface area contributed by atoms with E-state index < -0.39 is 0 Å². The van der Waals surface area contributed by atoms with Crippen LogP contribution in [-0.2, 0) is 6.42 Å².